The molecule has 3 aromatic rings. The van der Waals surface area contributed by atoms with Crippen LogP contribution in [0.4, 0.5) is 0 Å². The number of benzene rings is 2. The number of hydrogen-bond donors (Lipinski definition) is 0. The fourth-order valence-electron chi connectivity index (χ4n) is 2.53. The minimum Gasteiger partial charge on any atom is -0.436 e. The van der Waals surface area contributed by atoms with Crippen molar-refractivity contribution in [1.82, 2.24) is 4.98 Å². The Hall–Kier alpha value is -2.09. The second kappa shape index (κ2) is 4.54. The van der Waals surface area contributed by atoms with E-state index in [4.69, 9.17) is 4.42 Å². The molecule has 0 atom stereocenters. The fourth-order valence-corrected chi connectivity index (χ4v) is 2.53. The summed E-state index contributed by atoms with van der Waals surface area (Å²) in [5.74, 6) is 0.723. The summed E-state index contributed by atoms with van der Waals surface area (Å²) in [4.78, 5) is 4.65. The highest BCUT2D eigenvalue weighted by molar-refractivity contribution is 5.80. The zero-order chi connectivity index (χ0) is 13.4. The molecule has 2 aromatic carbocycles. The van der Waals surface area contributed by atoms with Crippen molar-refractivity contribution in [2.45, 2.75) is 27.2 Å². The number of nitrogens with zero attached hydrogens (tertiary/aromatic N) is 1. The standard InChI is InChI=1S/C17H17NO/c1-4-13-7-5-6-8-14(13)17-18-15-10-11(2)9-12(3)16(15)19-17/h5-10H,4H2,1-3H3. The SMILES string of the molecule is CCc1ccccc1-c1nc2cc(C)cc(C)c2o1. The van der Waals surface area contributed by atoms with Gasteiger partial charge in [-0.25, -0.2) is 4.98 Å². The topological polar surface area (TPSA) is 26.0 Å². The van der Waals surface area contributed by atoms with Crippen LogP contribution in [0.2, 0.25) is 0 Å². The zero-order valence-electron chi connectivity index (χ0n) is 11.5. The van der Waals surface area contributed by atoms with Crippen LogP contribution in [0.5, 0.6) is 0 Å². The number of oxazole rings is 1. The monoisotopic (exact) mass is 251 g/mol. The average molecular weight is 251 g/mol. The molecule has 3 rings (SSSR count). The highest BCUT2D eigenvalue weighted by Crippen LogP contribution is 2.29. The van der Waals surface area contributed by atoms with E-state index in [0.29, 0.717) is 0 Å². The maximum atomic E-state index is 5.97. The van der Waals surface area contributed by atoms with Crippen LogP contribution in [0.3, 0.4) is 0 Å². The van der Waals surface area contributed by atoms with Crippen molar-refractivity contribution < 1.29 is 4.42 Å². The van der Waals surface area contributed by atoms with Gasteiger partial charge in [0.25, 0.3) is 0 Å². The maximum Gasteiger partial charge on any atom is 0.227 e. The predicted molar refractivity (Wildman–Crippen MR) is 78.3 cm³/mol. The van der Waals surface area contributed by atoms with Crippen LogP contribution in [0.25, 0.3) is 22.6 Å². The predicted octanol–water partition coefficient (Wildman–Crippen LogP) is 4.67. The molecule has 0 aliphatic rings. The van der Waals surface area contributed by atoms with E-state index in [9.17, 15) is 0 Å². The first-order valence-electron chi connectivity index (χ1n) is 6.65. The van der Waals surface area contributed by atoms with Gasteiger partial charge >= 0.3 is 0 Å². The second-order valence-electron chi connectivity index (χ2n) is 4.96. The molecule has 2 nitrogen and oxygen atoms in total. The number of rotatable bonds is 2. The van der Waals surface area contributed by atoms with E-state index < -0.39 is 0 Å². The third-order valence-electron chi connectivity index (χ3n) is 3.45. The van der Waals surface area contributed by atoms with Crippen molar-refractivity contribution in [2.75, 3.05) is 0 Å². The Bertz CT molecular complexity index is 740. The lowest BCUT2D eigenvalue weighted by atomic mass is 10.1. The quantitative estimate of drug-likeness (QED) is 0.661. The van der Waals surface area contributed by atoms with Gasteiger partial charge in [-0.15, -0.1) is 0 Å². The first-order chi connectivity index (χ1) is 9.19. The zero-order valence-corrected chi connectivity index (χ0v) is 11.5. The highest BCUT2D eigenvalue weighted by atomic mass is 16.3. The molecule has 0 bridgehead atoms. The lowest BCUT2D eigenvalue weighted by Gasteiger charge is -2.02. The van der Waals surface area contributed by atoms with E-state index in [1.165, 1.54) is 11.1 Å². The van der Waals surface area contributed by atoms with Gasteiger partial charge in [-0.2, -0.15) is 0 Å². The fraction of sp³-hybridized carbons (Fsp3) is 0.235. The Morgan fingerprint density at radius 3 is 2.68 bits per heavy atom. The summed E-state index contributed by atoms with van der Waals surface area (Å²) in [7, 11) is 0. The number of fused-ring (bicyclic) bond motifs is 1. The van der Waals surface area contributed by atoms with Crippen LogP contribution < -0.4 is 0 Å². The number of aryl methyl sites for hydroxylation is 3. The van der Waals surface area contributed by atoms with Crippen molar-refractivity contribution in [3.63, 3.8) is 0 Å². The molecular formula is C17H17NO. The molecular weight excluding hydrogens is 234 g/mol. The number of aromatic nitrogens is 1. The maximum absolute atomic E-state index is 5.97. The summed E-state index contributed by atoms with van der Waals surface area (Å²) in [6.07, 6.45) is 0.979. The molecule has 0 aliphatic heterocycles. The summed E-state index contributed by atoms with van der Waals surface area (Å²) in [5, 5.41) is 0. The lowest BCUT2D eigenvalue weighted by molar-refractivity contribution is 0.616. The minimum absolute atomic E-state index is 0.723. The summed E-state index contributed by atoms with van der Waals surface area (Å²) in [6.45, 7) is 6.30. The molecule has 1 aromatic heterocycles. The smallest absolute Gasteiger partial charge is 0.227 e. The van der Waals surface area contributed by atoms with Crippen molar-refractivity contribution in [3.8, 4) is 11.5 Å². The number of hydrogen-bond acceptors (Lipinski definition) is 2. The molecule has 0 amide bonds. The Kier molecular flexibility index (Phi) is 2.86. The van der Waals surface area contributed by atoms with E-state index >= 15 is 0 Å². The van der Waals surface area contributed by atoms with Gasteiger partial charge in [0.15, 0.2) is 5.58 Å². The van der Waals surface area contributed by atoms with Crippen molar-refractivity contribution >= 4 is 11.1 Å². The molecule has 96 valence electrons. The van der Waals surface area contributed by atoms with E-state index in [2.05, 4.69) is 56.1 Å². The molecule has 0 unspecified atom stereocenters. The molecule has 0 N–H and O–H groups in total. The van der Waals surface area contributed by atoms with Crippen LogP contribution in [0.1, 0.15) is 23.6 Å². The Morgan fingerprint density at radius 2 is 1.89 bits per heavy atom. The first-order valence-corrected chi connectivity index (χ1v) is 6.65. The van der Waals surface area contributed by atoms with Crippen molar-refractivity contribution in [2.24, 2.45) is 0 Å². The average Bonchev–Trinajstić information content (AvgIpc) is 2.82. The van der Waals surface area contributed by atoms with Gasteiger partial charge < -0.3 is 4.42 Å². The third kappa shape index (κ3) is 2.03. The van der Waals surface area contributed by atoms with E-state index in [0.717, 1.165) is 34.5 Å². The third-order valence-corrected chi connectivity index (χ3v) is 3.45. The highest BCUT2D eigenvalue weighted by Gasteiger charge is 2.12. The molecule has 1 heterocycles. The Balaban J connectivity index is 2.23. The van der Waals surface area contributed by atoms with Crippen molar-refractivity contribution in [1.29, 1.82) is 0 Å². The van der Waals surface area contributed by atoms with E-state index in [-0.39, 0.29) is 0 Å². The Morgan fingerprint density at radius 1 is 1.11 bits per heavy atom. The van der Waals surface area contributed by atoms with Gasteiger partial charge in [-0.1, -0.05) is 31.2 Å². The normalized spacial score (nSPS) is 11.1. The largest absolute Gasteiger partial charge is 0.436 e. The molecule has 0 fully saturated rings. The van der Waals surface area contributed by atoms with Gasteiger partial charge in [-0.05, 0) is 49.1 Å². The van der Waals surface area contributed by atoms with Crippen molar-refractivity contribution in [3.05, 3.63) is 53.1 Å². The van der Waals surface area contributed by atoms with Gasteiger partial charge in [0.05, 0.1) is 0 Å². The van der Waals surface area contributed by atoms with Crippen LogP contribution in [-0.4, -0.2) is 4.98 Å². The molecule has 0 aliphatic carbocycles. The lowest BCUT2D eigenvalue weighted by Crippen LogP contribution is -1.86. The van der Waals surface area contributed by atoms with Crippen LogP contribution in [0, 0.1) is 13.8 Å². The molecule has 0 spiro atoms. The van der Waals surface area contributed by atoms with Crippen LogP contribution in [-0.2, 0) is 6.42 Å². The summed E-state index contributed by atoms with van der Waals surface area (Å²) < 4.78 is 5.97. The summed E-state index contributed by atoms with van der Waals surface area (Å²) in [5.41, 5.74) is 6.56. The molecule has 0 saturated heterocycles. The van der Waals surface area contributed by atoms with Crippen LogP contribution >= 0.6 is 0 Å². The van der Waals surface area contributed by atoms with E-state index in [1.54, 1.807) is 0 Å². The van der Waals surface area contributed by atoms with E-state index in [1.807, 2.05) is 6.07 Å². The van der Waals surface area contributed by atoms with Gasteiger partial charge in [-0.3, -0.25) is 0 Å². The minimum atomic E-state index is 0.723. The molecule has 0 radical (unpaired) electrons. The summed E-state index contributed by atoms with van der Waals surface area (Å²) >= 11 is 0. The Labute approximate surface area is 113 Å². The first kappa shape index (κ1) is 12.0. The van der Waals surface area contributed by atoms with Gasteiger partial charge in [0, 0.05) is 5.56 Å². The summed E-state index contributed by atoms with van der Waals surface area (Å²) in [6, 6.07) is 12.5. The van der Waals surface area contributed by atoms with Gasteiger partial charge in [0.2, 0.25) is 5.89 Å². The van der Waals surface area contributed by atoms with Gasteiger partial charge in [0.1, 0.15) is 5.52 Å². The molecule has 0 saturated carbocycles. The van der Waals surface area contributed by atoms with Crippen LogP contribution in [0.15, 0.2) is 40.8 Å². The molecule has 19 heavy (non-hydrogen) atoms. The second-order valence-corrected chi connectivity index (χ2v) is 4.96. The molecule has 2 heteroatoms.